The smallest absolute Gasteiger partial charge is 0.0898 e. The second-order valence-corrected chi connectivity index (χ2v) is 5.45. The van der Waals surface area contributed by atoms with E-state index >= 15 is 0 Å². The minimum absolute atomic E-state index is 0.247. The number of hydrogen-bond donors (Lipinski definition) is 1. The van der Waals surface area contributed by atoms with Gasteiger partial charge in [-0.1, -0.05) is 29.8 Å². The molecule has 1 aromatic heterocycles. The van der Waals surface area contributed by atoms with Gasteiger partial charge in [-0.15, -0.1) is 11.3 Å². The first-order valence-electron chi connectivity index (χ1n) is 5.55. The van der Waals surface area contributed by atoms with E-state index in [1.807, 2.05) is 31.2 Å². The van der Waals surface area contributed by atoms with Crippen LogP contribution in [0.25, 0.3) is 0 Å². The number of rotatable bonds is 4. The van der Waals surface area contributed by atoms with Crippen molar-refractivity contribution in [2.75, 3.05) is 0 Å². The van der Waals surface area contributed by atoms with E-state index in [-0.39, 0.29) is 6.04 Å². The third kappa shape index (κ3) is 3.28. The van der Waals surface area contributed by atoms with Gasteiger partial charge in [0, 0.05) is 23.0 Å². The minimum Gasteiger partial charge on any atom is -0.305 e. The molecule has 0 aliphatic rings. The molecule has 2 rings (SSSR count). The zero-order chi connectivity index (χ0) is 12.3. The van der Waals surface area contributed by atoms with E-state index in [0.717, 1.165) is 27.8 Å². The molecule has 1 aromatic carbocycles. The molecule has 1 N–H and O–H groups in total. The lowest BCUT2D eigenvalue weighted by Gasteiger charge is -2.12. The Balaban J connectivity index is 1.97. The minimum atomic E-state index is 0.247. The molecule has 0 saturated carbocycles. The fraction of sp³-hybridized carbons (Fsp3) is 0.308. The van der Waals surface area contributed by atoms with Gasteiger partial charge in [0.05, 0.1) is 10.7 Å². The predicted molar refractivity (Wildman–Crippen MR) is 73.6 cm³/mol. The van der Waals surface area contributed by atoms with Crippen LogP contribution < -0.4 is 5.32 Å². The Morgan fingerprint density at radius 3 is 2.82 bits per heavy atom. The third-order valence-corrected chi connectivity index (χ3v) is 3.80. The summed E-state index contributed by atoms with van der Waals surface area (Å²) in [5, 5.41) is 7.44. The van der Waals surface area contributed by atoms with Crippen molar-refractivity contribution in [3.8, 4) is 0 Å². The van der Waals surface area contributed by atoms with Gasteiger partial charge in [0.15, 0.2) is 0 Å². The lowest BCUT2D eigenvalue weighted by atomic mass is 10.2. The summed E-state index contributed by atoms with van der Waals surface area (Å²) in [7, 11) is 0. The van der Waals surface area contributed by atoms with Crippen LogP contribution in [0.5, 0.6) is 0 Å². The van der Waals surface area contributed by atoms with Crippen molar-refractivity contribution in [3.05, 3.63) is 50.9 Å². The molecule has 0 bridgehead atoms. The van der Waals surface area contributed by atoms with E-state index in [1.54, 1.807) is 11.3 Å². The van der Waals surface area contributed by atoms with E-state index in [2.05, 4.69) is 22.6 Å². The quantitative estimate of drug-likeness (QED) is 0.906. The number of nitrogens with zero attached hydrogens (tertiary/aromatic N) is 1. The van der Waals surface area contributed by atoms with Crippen molar-refractivity contribution >= 4 is 22.9 Å². The van der Waals surface area contributed by atoms with E-state index in [0.29, 0.717) is 0 Å². The van der Waals surface area contributed by atoms with Gasteiger partial charge in [-0.2, -0.15) is 0 Å². The first kappa shape index (κ1) is 12.6. The predicted octanol–water partition coefficient (Wildman–Crippen LogP) is 3.96. The van der Waals surface area contributed by atoms with Gasteiger partial charge in [0.25, 0.3) is 0 Å². The molecule has 0 radical (unpaired) electrons. The van der Waals surface area contributed by atoms with Crippen LogP contribution in [0, 0.1) is 6.92 Å². The first-order chi connectivity index (χ1) is 8.16. The van der Waals surface area contributed by atoms with E-state index in [4.69, 9.17) is 11.6 Å². The Bertz CT molecular complexity index is 496. The van der Waals surface area contributed by atoms with Crippen LogP contribution in [0.1, 0.15) is 29.2 Å². The molecule has 0 aliphatic carbocycles. The molecule has 0 spiro atoms. The van der Waals surface area contributed by atoms with E-state index in [1.165, 1.54) is 0 Å². The Morgan fingerprint density at radius 1 is 1.41 bits per heavy atom. The highest BCUT2D eigenvalue weighted by Gasteiger charge is 2.08. The Morgan fingerprint density at radius 2 is 2.18 bits per heavy atom. The lowest BCUT2D eigenvalue weighted by molar-refractivity contribution is 0.563. The molecule has 2 aromatic rings. The lowest BCUT2D eigenvalue weighted by Crippen LogP contribution is -2.18. The highest BCUT2D eigenvalue weighted by molar-refractivity contribution is 7.09. The third-order valence-electron chi connectivity index (χ3n) is 2.64. The molecule has 4 heteroatoms. The second kappa shape index (κ2) is 5.63. The summed E-state index contributed by atoms with van der Waals surface area (Å²) >= 11 is 7.78. The van der Waals surface area contributed by atoms with Gasteiger partial charge >= 0.3 is 0 Å². The Kier molecular flexibility index (Phi) is 4.15. The summed E-state index contributed by atoms with van der Waals surface area (Å²) in [6.45, 7) is 4.90. The molecular formula is C13H15ClN2S. The highest BCUT2D eigenvalue weighted by Crippen LogP contribution is 2.18. The van der Waals surface area contributed by atoms with Crippen LogP contribution >= 0.6 is 22.9 Å². The SMILES string of the molecule is Cc1nc(C(C)NCc2ccccc2Cl)cs1. The van der Waals surface area contributed by atoms with Crippen molar-refractivity contribution in [2.24, 2.45) is 0 Å². The molecular weight excluding hydrogens is 252 g/mol. The number of hydrogen-bond acceptors (Lipinski definition) is 3. The highest BCUT2D eigenvalue weighted by atomic mass is 35.5. The normalized spacial score (nSPS) is 12.6. The van der Waals surface area contributed by atoms with E-state index in [9.17, 15) is 0 Å². The molecule has 1 heterocycles. The van der Waals surface area contributed by atoms with Crippen LogP contribution in [0.3, 0.4) is 0 Å². The number of aromatic nitrogens is 1. The summed E-state index contributed by atoms with van der Waals surface area (Å²) in [5.41, 5.74) is 2.22. The maximum Gasteiger partial charge on any atom is 0.0898 e. The molecule has 0 fully saturated rings. The fourth-order valence-corrected chi connectivity index (χ4v) is 2.50. The van der Waals surface area contributed by atoms with Gasteiger partial charge in [0.2, 0.25) is 0 Å². The number of halogens is 1. The largest absolute Gasteiger partial charge is 0.305 e. The summed E-state index contributed by atoms with van der Waals surface area (Å²) in [4.78, 5) is 4.47. The molecule has 0 saturated heterocycles. The van der Waals surface area contributed by atoms with Crippen molar-refractivity contribution in [3.63, 3.8) is 0 Å². The zero-order valence-corrected chi connectivity index (χ0v) is 11.5. The molecule has 2 nitrogen and oxygen atoms in total. The summed E-state index contributed by atoms with van der Waals surface area (Å²) in [5.74, 6) is 0. The standard InChI is InChI=1S/C13H15ClN2S/c1-9(13-8-17-10(2)16-13)15-7-11-5-3-4-6-12(11)14/h3-6,8-9,15H,7H2,1-2H3. The molecule has 0 aliphatic heterocycles. The average molecular weight is 267 g/mol. The maximum absolute atomic E-state index is 6.10. The fourth-order valence-electron chi connectivity index (χ4n) is 1.59. The maximum atomic E-state index is 6.10. The van der Waals surface area contributed by atoms with Gasteiger partial charge in [0.1, 0.15) is 0 Å². The van der Waals surface area contributed by atoms with Crippen molar-refractivity contribution in [1.82, 2.24) is 10.3 Å². The molecule has 1 atom stereocenters. The van der Waals surface area contributed by atoms with Crippen LogP contribution in [-0.4, -0.2) is 4.98 Å². The number of benzene rings is 1. The summed E-state index contributed by atoms with van der Waals surface area (Å²) in [6.07, 6.45) is 0. The van der Waals surface area contributed by atoms with Crippen LogP contribution in [0.2, 0.25) is 5.02 Å². The topological polar surface area (TPSA) is 24.9 Å². The van der Waals surface area contributed by atoms with Crippen LogP contribution in [0.4, 0.5) is 0 Å². The van der Waals surface area contributed by atoms with Crippen molar-refractivity contribution < 1.29 is 0 Å². The Labute approximate surface area is 111 Å². The van der Waals surface area contributed by atoms with E-state index < -0.39 is 0 Å². The van der Waals surface area contributed by atoms with Gasteiger partial charge in [-0.25, -0.2) is 4.98 Å². The number of thiazole rings is 1. The number of aryl methyl sites for hydroxylation is 1. The Hall–Kier alpha value is -0.900. The first-order valence-corrected chi connectivity index (χ1v) is 6.81. The average Bonchev–Trinajstić information content (AvgIpc) is 2.74. The van der Waals surface area contributed by atoms with Crippen LogP contribution in [-0.2, 0) is 6.54 Å². The number of nitrogens with one attached hydrogen (secondary N) is 1. The van der Waals surface area contributed by atoms with Crippen molar-refractivity contribution in [2.45, 2.75) is 26.4 Å². The molecule has 0 amide bonds. The molecule has 90 valence electrons. The summed E-state index contributed by atoms with van der Waals surface area (Å²) < 4.78 is 0. The van der Waals surface area contributed by atoms with Gasteiger partial charge < -0.3 is 5.32 Å². The van der Waals surface area contributed by atoms with Crippen molar-refractivity contribution in [1.29, 1.82) is 0 Å². The summed E-state index contributed by atoms with van der Waals surface area (Å²) in [6, 6.07) is 8.14. The molecule has 17 heavy (non-hydrogen) atoms. The monoisotopic (exact) mass is 266 g/mol. The molecule has 1 unspecified atom stereocenters. The van der Waals surface area contributed by atoms with Gasteiger partial charge in [-0.3, -0.25) is 0 Å². The van der Waals surface area contributed by atoms with Gasteiger partial charge in [-0.05, 0) is 25.5 Å². The second-order valence-electron chi connectivity index (χ2n) is 3.99. The van der Waals surface area contributed by atoms with Crippen LogP contribution in [0.15, 0.2) is 29.6 Å². The zero-order valence-electron chi connectivity index (χ0n) is 9.90.